The highest BCUT2D eigenvalue weighted by molar-refractivity contribution is 7.19. The third-order valence-corrected chi connectivity index (χ3v) is 4.84. The Morgan fingerprint density at radius 3 is 2.64 bits per heavy atom. The molecular weight excluding hydrogens is 294 g/mol. The second-order valence-electron chi connectivity index (χ2n) is 5.06. The minimum Gasteiger partial charge on any atom is -0.480 e. The molecule has 3 nitrogen and oxygen atoms in total. The minimum absolute atomic E-state index is 0.149. The Morgan fingerprint density at radius 2 is 1.82 bits per heavy atom. The third-order valence-electron chi connectivity index (χ3n) is 3.72. The van der Waals surface area contributed by atoms with Crippen molar-refractivity contribution in [3.63, 3.8) is 0 Å². The monoisotopic (exact) mass is 307 g/mol. The van der Waals surface area contributed by atoms with E-state index >= 15 is 0 Å². The maximum atomic E-state index is 10.7. The number of hydrogen-bond acceptors (Lipinski definition) is 3. The molecule has 1 aromatic heterocycles. The van der Waals surface area contributed by atoms with Gasteiger partial charge in [-0.1, -0.05) is 42.5 Å². The van der Waals surface area contributed by atoms with Gasteiger partial charge in [-0.2, -0.15) is 0 Å². The molecule has 0 radical (unpaired) electrons. The highest BCUT2D eigenvalue weighted by Crippen LogP contribution is 2.49. The minimum atomic E-state index is -0.149. The standard InChI is InChI=1S/C18H13NO2S/c20-11-19-16-10-14-17(12-6-2-1-3-7-12)21-15-9-5-4-8-13(15)18(14)22-16/h1-11,17H,(H,19,20). The number of nitrogens with one attached hydrogen (secondary N) is 1. The molecule has 1 unspecified atom stereocenters. The zero-order chi connectivity index (χ0) is 14.9. The number of rotatable bonds is 3. The van der Waals surface area contributed by atoms with Gasteiger partial charge in [0.1, 0.15) is 5.75 Å². The lowest BCUT2D eigenvalue weighted by molar-refractivity contribution is -0.105. The smallest absolute Gasteiger partial charge is 0.212 e. The van der Waals surface area contributed by atoms with Crippen molar-refractivity contribution in [3.8, 4) is 16.2 Å². The lowest BCUT2D eigenvalue weighted by Gasteiger charge is -2.26. The molecule has 0 saturated heterocycles. The number of carbonyl (C=O) groups excluding carboxylic acids is 1. The van der Waals surface area contributed by atoms with Gasteiger partial charge in [0.05, 0.1) is 5.00 Å². The summed E-state index contributed by atoms with van der Waals surface area (Å²) in [5.74, 6) is 0.878. The van der Waals surface area contributed by atoms with E-state index in [0.29, 0.717) is 6.41 Å². The fraction of sp³-hybridized carbons (Fsp3) is 0.0556. The summed E-state index contributed by atoms with van der Waals surface area (Å²) in [6.45, 7) is 0. The van der Waals surface area contributed by atoms with Crippen molar-refractivity contribution in [2.75, 3.05) is 5.32 Å². The highest BCUT2D eigenvalue weighted by Gasteiger charge is 2.29. The molecule has 0 spiro atoms. The van der Waals surface area contributed by atoms with E-state index in [4.69, 9.17) is 4.74 Å². The Kier molecular flexibility index (Phi) is 3.16. The molecule has 22 heavy (non-hydrogen) atoms. The Balaban J connectivity index is 1.89. The topological polar surface area (TPSA) is 38.3 Å². The summed E-state index contributed by atoms with van der Waals surface area (Å²) in [5, 5.41) is 3.58. The van der Waals surface area contributed by atoms with Gasteiger partial charge in [0.2, 0.25) is 6.41 Å². The second kappa shape index (κ2) is 5.31. The van der Waals surface area contributed by atoms with Gasteiger partial charge in [-0.15, -0.1) is 11.3 Å². The number of anilines is 1. The average Bonchev–Trinajstić information content (AvgIpc) is 2.99. The fourth-order valence-electron chi connectivity index (χ4n) is 2.76. The molecule has 2 aromatic carbocycles. The number of hydrogen-bond donors (Lipinski definition) is 1. The van der Waals surface area contributed by atoms with Crippen LogP contribution in [0.1, 0.15) is 17.2 Å². The van der Waals surface area contributed by atoms with E-state index < -0.39 is 0 Å². The second-order valence-corrected chi connectivity index (χ2v) is 6.11. The van der Waals surface area contributed by atoms with Gasteiger partial charge in [0.15, 0.2) is 6.10 Å². The molecule has 108 valence electrons. The molecule has 3 aromatic rings. The van der Waals surface area contributed by atoms with Gasteiger partial charge in [0.25, 0.3) is 0 Å². The first kappa shape index (κ1) is 13.1. The molecule has 0 aliphatic carbocycles. The van der Waals surface area contributed by atoms with E-state index in [1.54, 1.807) is 11.3 Å². The van der Waals surface area contributed by atoms with Crippen molar-refractivity contribution >= 4 is 22.7 Å². The Morgan fingerprint density at radius 1 is 1.05 bits per heavy atom. The lowest BCUT2D eigenvalue weighted by Crippen LogP contribution is -2.13. The predicted molar refractivity (Wildman–Crippen MR) is 88.4 cm³/mol. The van der Waals surface area contributed by atoms with Crippen molar-refractivity contribution < 1.29 is 9.53 Å². The molecule has 4 heteroatoms. The molecule has 2 heterocycles. The summed E-state index contributed by atoms with van der Waals surface area (Å²) in [7, 11) is 0. The molecule has 1 aliphatic heterocycles. The Bertz CT molecular complexity index is 826. The first-order chi connectivity index (χ1) is 10.9. The van der Waals surface area contributed by atoms with Crippen LogP contribution >= 0.6 is 11.3 Å². The molecule has 1 amide bonds. The van der Waals surface area contributed by atoms with Crippen LogP contribution in [-0.4, -0.2) is 6.41 Å². The number of ether oxygens (including phenoxy) is 1. The number of thiophene rings is 1. The molecule has 1 N–H and O–H groups in total. The maximum Gasteiger partial charge on any atom is 0.212 e. The summed E-state index contributed by atoms with van der Waals surface area (Å²) in [6.07, 6.45) is 0.561. The number of para-hydroxylation sites is 1. The van der Waals surface area contributed by atoms with E-state index in [0.717, 1.165) is 32.3 Å². The van der Waals surface area contributed by atoms with Crippen LogP contribution in [0.4, 0.5) is 5.00 Å². The van der Waals surface area contributed by atoms with Gasteiger partial charge in [0, 0.05) is 16.0 Å². The van der Waals surface area contributed by atoms with Crippen LogP contribution in [0.5, 0.6) is 5.75 Å². The lowest BCUT2D eigenvalue weighted by atomic mass is 9.96. The van der Waals surface area contributed by atoms with Crippen molar-refractivity contribution in [1.82, 2.24) is 0 Å². The summed E-state index contributed by atoms with van der Waals surface area (Å²) < 4.78 is 6.23. The first-order valence-corrected chi connectivity index (χ1v) is 7.83. The zero-order valence-corrected chi connectivity index (χ0v) is 12.5. The van der Waals surface area contributed by atoms with Crippen LogP contribution in [0.15, 0.2) is 60.7 Å². The number of amides is 1. The highest BCUT2D eigenvalue weighted by atomic mass is 32.1. The number of fused-ring (bicyclic) bond motifs is 3. The molecular formula is C18H13NO2S. The van der Waals surface area contributed by atoms with Gasteiger partial charge < -0.3 is 10.1 Å². The molecule has 0 bridgehead atoms. The SMILES string of the molecule is O=CNc1cc2c(s1)-c1ccccc1OC2c1ccccc1. The largest absolute Gasteiger partial charge is 0.480 e. The number of benzene rings is 2. The average molecular weight is 307 g/mol. The molecule has 1 aliphatic rings. The van der Waals surface area contributed by atoms with E-state index in [9.17, 15) is 4.79 Å². The van der Waals surface area contributed by atoms with E-state index in [2.05, 4.69) is 23.5 Å². The summed E-state index contributed by atoms with van der Waals surface area (Å²) in [6, 6.07) is 20.2. The van der Waals surface area contributed by atoms with Crippen LogP contribution in [0.2, 0.25) is 0 Å². The van der Waals surface area contributed by atoms with Gasteiger partial charge >= 0.3 is 0 Å². The quantitative estimate of drug-likeness (QED) is 0.725. The van der Waals surface area contributed by atoms with Gasteiger partial charge in [-0.3, -0.25) is 4.79 Å². The van der Waals surface area contributed by atoms with E-state index in [1.165, 1.54) is 0 Å². The molecule has 1 atom stereocenters. The van der Waals surface area contributed by atoms with E-state index in [1.807, 2.05) is 42.5 Å². The maximum absolute atomic E-state index is 10.7. The summed E-state index contributed by atoms with van der Waals surface area (Å²) in [4.78, 5) is 11.9. The van der Waals surface area contributed by atoms with E-state index in [-0.39, 0.29) is 6.10 Å². The normalized spacial score (nSPS) is 15.4. The zero-order valence-electron chi connectivity index (χ0n) is 11.7. The Labute approximate surface area is 132 Å². The summed E-state index contributed by atoms with van der Waals surface area (Å²) in [5.41, 5.74) is 3.28. The van der Waals surface area contributed by atoms with Gasteiger partial charge in [-0.25, -0.2) is 0 Å². The third kappa shape index (κ3) is 2.09. The Hall–Kier alpha value is -2.59. The summed E-state index contributed by atoms with van der Waals surface area (Å²) >= 11 is 1.58. The van der Waals surface area contributed by atoms with Crippen molar-refractivity contribution in [3.05, 3.63) is 71.8 Å². The fourth-order valence-corrected chi connectivity index (χ4v) is 3.84. The van der Waals surface area contributed by atoms with Crippen LogP contribution in [0, 0.1) is 0 Å². The van der Waals surface area contributed by atoms with Crippen LogP contribution in [0.25, 0.3) is 10.4 Å². The van der Waals surface area contributed by atoms with Crippen molar-refractivity contribution in [2.24, 2.45) is 0 Å². The van der Waals surface area contributed by atoms with Crippen LogP contribution < -0.4 is 10.1 Å². The van der Waals surface area contributed by atoms with Crippen LogP contribution in [-0.2, 0) is 4.79 Å². The molecule has 4 rings (SSSR count). The molecule has 0 fully saturated rings. The van der Waals surface area contributed by atoms with Gasteiger partial charge in [-0.05, 0) is 23.8 Å². The first-order valence-electron chi connectivity index (χ1n) is 7.02. The van der Waals surface area contributed by atoms with Crippen LogP contribution in [0.3, 0.4) is 0 Å². The molecule has 0 saturated carbocycles. The van der Waals surface area contributed by atoms with Crippen molar-refractivity contribution in [1.29, 1.82) is 0 Å². The number of carbonyl (C=O) groups is 1. The predicted octanol–water partition coefficient (Wildman–Crippen LogP) is 4.47. The van der Waals surface area contributed by atoms with Crippen molar-refractivity contribution in [2.45, 2.75) is 6.10 Å².